The number of carbonyl (C=O) groups excluding carboxylic acids is 1. The minimum Gasteiger partial charge on any atom is -0.297 e. The summed E-state index contributed by atoms with van der Waals surface area (Å²) in [5, 5.41) is 4.35. The van der Waals surface area contributed by atoms with Gasteiger partial charge >= 0.3 is 0 Å². The summed E-state index contributed by atoms with van der Waals surface area (Å²) in [5.74, 6) is 0.354. The van der Waals surface area contributed by atoms with Crippen molar-refractivity contribution in [1.82, 2.24) is 14.7 Å². The molecule has 0 atom stereocenters. The first-order valence-electron chi connectivity index (χ1n) is 7.66. The van der Waals surface area contributed by atoms with Gasteiger partial charge in [-0.05, 0) is 39.9 Å². The summed E-state index contributed by atoms with van der Waals surface area (Å²) in [6, 6.07) is 2.03. The van der Waals surface area contributed by atoms with Crippen LogP contribution in [0.5, 0.6) is 0 Å². The predicted molar refractivity (Wildman–Crippen MR) is 80.8 cm³/mol. The number of aryl methyl sites for hydroxylation is 2. The average molecular weight is 277 g/mol. The summed E-state index contributed by atoms with van der Waals surface area (Å²) in [6.07, 6.45) is 7.32. The number of ketones is 1. The van der Waals surface area contributed by atoms with Crippen molar-refractivity contribution >= 4 is 5.78 Å². The van der Waals surface area contributed by atoms with Crippen molar-refractivity contribution in [3.05, 3.63) is 17.5 Å². The Bertz CT molecular complexity index is 468. The van der Waals surface area contributed by atoms with E-state index in [0.29, 0.717) is 12.2 Å². The second kappa shape index (κ2) is 6.08. The molecule has 1 saturated carbocycles. The summed E-state index contributed by atoms with van der Waals surface area (Å²) < 4.78 is 1.84. The highest BCUT2D eigenvalue weighted by atomic mass is 16.1. The zero-order chi connectivity index (χ0) is 14.8. The maximum absolute atomic E-state index is 13.0. The van der Waals surface area contributed by atoms with Crippen LogP contribution in [0.4, 0.5) is 0 Å². The molecule has 0 saturated heterocycles. The first kappa shape index (κ1) is 15.2. The van der Waals surface area contributed by atoms with Crippen LogP contribution in [0.3, 0.4) is 0 Å². The lowest BCUT2D eigenvalue weighted by atomic mass is 9.82. The quantitative estimate of drug-likeness (QED) is 0.794. The molecule has 1 heterocycles. The Balaban J connectivity index is 2.20. The molecular formula is C16H27N3O. The van der Waals surface area contributed by atoms with E-state index in [9.17, 15) is 4.79 Å². The number of aromatic nitrogens is 2. The summed E-state index contributed by atoms with van der Waals surface area (Å²) in [4.78, 5) is 15.1. The second-order valence-corrected chi connectivity index (χ2v) is 6.34. The monoisotopic (exact) mass is 277 g/mol. The van der Waals surface area contributed by atoms with Crippen LogP contribution in [0.1, 0.15) is 49.9 Å². The molecule has 4 heteroatoms. The van der Waals surface area contributed by atoms with Crippen LogP contribution in [0, 0.1) is 6.92 Å². The van der Waals surface area contributed by atoms with Gasteiger partial charge in [0.25, 0.3) is 0 Å². The lowest BCUT2D eigenvalue weighted by Crippen LogP contribution is -2.51. The molecule has 2 rings (SSSR count). The number of hydrogen-bond donors (Lipinski definition) is 0. The van der Waals surface area contributed by atoms with E-state index in [0.717, 1.165) is 37.1 Å². The zero-order valence-corrected chi connectivity index (χ0v) is 13.3. The third kappa shape index (κ3) is 2.95. The van der Waals surface area contributed by atoms with Gasteiger partial charge in [-0.3, -0.25) is 14.4 Å². The van der Waals surface area contributed by atoms with Gasteiger partial charge in [-0.25, -0.2) is 0 Å². The van der Waals surface area contributed by atoms with Crippen molar-refractivity contribution in [3.8, 4) is 0 Å². The van der Waals surface area contributed by atoms with Gasteiger partial charge in [0.2, 0.25) is 0 Å². The molecule has 0 unspecified atom stereocenters. The third-order valence-electron chi connectivity index (χ3n) is 4.75. The number of nitrogens with zero attached hydrogens (tertiary/aromatic N) is 3. The van der Waals surface area contributed by atoms with Crippen LogP contribution in [0.2, 0.25) is 0 Å². The van der Waals surface area contributed by atoms with Crippen molar-refractivity contribution in [3.63, 3.8) is 0 Å². The predicted octanol–water partition coefficient (Wildman–Crippen LogP) is 2.49. The van der Waals surface area contributed by atoms with Crippen molar-refractivity contribution in [1.29, 1.82) is 0 Å². The summed E-state index contributed by atoms with van der Waals surface area (Å²) in [7, 11) is 6.03. The minimum atomic E-state index is -0.269. The van der Waals surface area contributed by atoms with Gasteiger partial charge in [-0.2, -0.15) is 5.10 Å². The van der Waals surface area contributed by atoms with Crippen LogP contribution in [-0.2, 0) is 18.3 Å². The molecule has 0 N–H and O–H groups in total. The molecule has 1 aromatic rings. The fourth-order valence-corrected chi connectivity index (χ4v) is 3.45. The normalized spacial score (nSPS) is 19.1. The number of likely N-dealkylation sites (N-methyl/N-ethyl adjacent to an activating group) is 1. The molecule has 0 aliphatic heterocycles. The maximum atomic E-state index is 13.0. The Hall–Kier alpha value is -1.16. The van der Waals surface area contributed by atoms with Crippen molar-refractivity contribution in [2.24, 2.45) is 7.05 Å². The van der Waals surface area contributed by atoms with E-state index in [-0.39, 0.29) is 5.54 Å². The van der Waals surface area contributed by atoms with Gasteiger partial charge in [0.1, 0.15) is 0 Å². The molecule has 1 fully saturated rings. The van der Waals surface area contributed by atoms with Gasteiger partial charge in [0.15, 0.2) is 5.78 Å². The van der Waals surface area contributed by atoms with Gasteiger partial charge < -0.3 is 0 Å². The van der Waals surface area contributed by atoms with Crippen molar-refractivity contribution in [2.45, 2.75) is 57.4 Å². The molecule has 1 aromatic heterocycles. The molecule has 0 bridgehead atoms. The standard InChI is InChI=1S/C16H27N3O/c1-13-11-14(19(4)17-13)12-15(20)16(18(2)3)9-7-5-6-8-10-16/h11H,5-10,12H2,1-4H3. The molecule has 0 radical (unpaired) electrons. The Morgan fingerprint density at radius 3 is 2.35 bits per heavy atom. The Labute approximate surface area is 122 Å². The van der Waals surface area contributed by atoms with E-state index in [2.05, 4.69) is 24.1 Å². The first-order chi connectivity index (χ1) is 9.45. The second-order valence-electron chi connectivity index (χ2n) is 6.34. The van der Waals surface area contributed by atoms with E-state index < -0.39 is 0 Å². The molecule has 20 heavy (non-hydrogen) atoms. The average Bonchev–Trinajstić information content (AvgIpc) is 2.60. The minimum absolute atomic E-state index is 0.269. The molecule has 1 aliphatic carbocycles. The fourth-order valence-electron chi connectivity index (χ4n) is 3.45. The topological polar surface area (TPSA) is 38.1 Å². The molecule has 0 spiro atoms. The molecule has 1 aliphatic rings. The largest absolute Gasteiger partial charge is 0.297 e. The Morgan fingerprint density at radius 1 is 1.30 bits per heavy atom. The lowest BCUT2D eigenvalue weighted by molar-refractivity contribution is -0.130. The SMILES string of the molecule is Cc1cc(CC(=O)C2(N(C)C)CCCCCC2)n(C)n1. The van der Waals surface area contributed by atoms with Crippen molar-refractivity contribution < 1.29 is 4.79 Å². The Morgan fingerprint density at radius 2 is 1.90 bits per heavy atom. The number of Topliss-reactive ketones (excluding diaryl/α,β-unsaturated/α-hetero) is 1. The maximum Gasteiger partial charge on any atom is 0.158 e. The van der Waals surface area contributed by atoms with Gasteiger partial charge in [0.05, 0.1) is 17.7 Å². The van der Waals surface area contributed by atoms with Gasteiger partial charge in [-0.1, -0.05) is 25.7 Å². The van der Waals surface area contributed by atoms with E-state index in [1.165, 1.54) is 12.8 Å². The van der Waals surface area contributed by atoms with Crippen LogP contribution in [0.15, 0.2) is 6.07 Å². The highest BCUT2D eigenvalue weighted by molar-refractivity contribution is 5.90. The zero-order valence-electron chi connectivity index (χ0n) is 13.3. The smallest absolute Gasteiger partial charge is 0.158 e. The summed E-state index contributed by atoms with van der Waals surface area (Å²) >= 11 is 0. The third-order valence-corrected chi connectivity index (χ3v) is 4.75. The van der Waals surface area contributed by atoms with Crippen LogP contribution in [-0.4, -0.2) is 40.1 Å². The van der Waals surface area contributed by atoms with E-state index in [1.807, 2.05) is 24.7 Å². The van der Waals surface area contributed by atoms with Crippen LogP contribution < -0.4 is 0 Å². The van der Waals surface area contributed by atoms with Crippen molar-refractivity contribution in [2.75, 3.05) is 14.1 Å². The van der Waals surface area contributed by atoms with E-state index in [1.54, 1.807) is 0 Å². The summed E-state index contributed by atoms with van der Waals surface area (Å²) in [5.41, 5.74) is 1.74. The fraction of sp³-hybridized carbons (Fsp3) is 0.750. The highest BCUT2D eigenvalue weighted by Gasteiger charge is 2.40. The molecular weight excluding hydrogens is 250 g/mol. The molecule has 112 valence electrons. The van der Waals surface area contributed by atoms with Gasteiger partial charge in [0, 0.05) is 12.7 Å². The Kier molecular flexibility index (Phi) is 4.63. The summed E-state index contributed by atoms with van der Waals surface area (Å²) in [6.45, 7) is 1.97. The highest BCUT2D eigenvalue weighted by Crippen LogP contribution is 2.33. The van der Waals surface area contributed by atoms with E-state index >= 15 is 0 Å². The number of carbonyl (C=O) groups is 1. The van der Waals surface area contributed by atoms with Gasteiger partial charge in [-0.15, -0.1) is 0 Å². The molecule has 0 aromatic carbocycles. The molecule has 0 amide bonds. The number of hydrogen-bond acceptors (Lipinski definition) is 3. The first-order valence-corrected chi connectivity index (χ1v) is 7.66. The number of rotatable bonds is 4. The van der Waals surface area contributed by atoms with Crippen LogP contribution >= 0.6 is 0 Å². The molecule has 4 nitrogen and oxygen atoms in total. The van der Waals surface area contributed by atoms with Crippen LogP contribution in [0.25, 0.3) is 0 Å². The van der Waals surface area contributed by atoms with E-state index in [4.69, 9.17) is 0 Å². The lowest BCUT2D eigenvalue weighted by Gasteiger charge is -2.38.